The topological polar surface area (TPSA) is 35.6 Å². The van der Waals surface area contributed by atoms with Gasteiger partial charge in [0.05, 0.1) is 44.8 Å². The maximum absolute atomic E-state index is 5.49. The summed E-state index contributed by atoms with van der Waals surface area (Å²) in [5.74, 6) is 0.692. The highest BCUT2D eigenvalue weighted by Crippen LogP contribution is 2.45. The molecule has 0 saturated heterocycles. The number of rotatable bonds is 5. The van der Waals surface area contributed by atoms with E-state index in [1.807, 2.05) is 12.1 Å². The van der Waals surface area contributed by atoms with Crippen LogP contribution in [0.1, 0.15) is 11.1 Å². The Kier molecular flexibility index (Phi) is 6.90. The summed E-state index contributed by atoms with van der Waals surface area (Å²) in [4.78, 5) is 10.7. The number of aryl methyl sites for hydroxylation is 2. The van der Waals surface area contributed by atoms with E-state index in [9.17, 15) is 0 Å². The highest BCUT2D eigenvalue weighted by molar-refractivity contribution is 6.17. The van der Waals surface area contributed by atoms with Gasteiger partial charge in [0.15, 0.2) is 5.82 Å². The minimum absolute atomic E-state index is 0.692. The van der Waals surface area contributed by atoms with Crippen molar-refractivity contribution in [2.45, 2.75) is 13.8 Å². The van der Waals surface area contributed by atoms with E-state index in [1.165, 1.54) is 38.4 Å². The number of hydrogen-bond donors (Lipinski definition) is 0. The van der Waals surface area contributed by atoms with Crippen molar-refractivity contribution in [1.29, 1.82) is 0 Å². The first kappa shape index (κ1) is 30.1. The molecule has 0 saturated carbocycles. The van der Waals surface area contributed by atoms with Crippen LogP contribution in [0.5, 0.6) is 0 Å². The van der Waals surface area contributed by atoms with E-state index >= 15 is 0 Å². The summed E-state index contributed by atoms with van der Waals surface area (Å²) in [5, 5.41) is 4.82. The molecule has 52 heavy (non-hydrogen) atoms. The summed E-state index contributed by atoms with van der Waals surface area (Å²) in [6.45, 7) is 4.43. The molecule has 0 radical (unpaired) electrons. The molecule has 0 amide bonds. The van der Waals surface area contributed by atoms with E-state index in [0.717, 1.165) is 55.8 Å². The van der Waals surface area contributed by atoms with Crippen LogP contribution in [0, 0.1) is 13.8 Å². The molecule has 10 rings (SSSR count). The van der Waals surface area contributed by atoms with Crippen molar-refractivity contribution in [3.8, 4) is 45.3 Å². The molecule has 10 aromatic rings. The molecule has 4 heteroatoms. The van der Waals surface area contributed by atoms with Crippen molar-refractivity contribution in [2.75, 3.05) is 0 Å². The Morgan fingerprint density at radius 2 is 0.904 bits per heavy atom. The summed E-state index contributed by atoms with van der Waals surface area (Å²) in [7, 11) is 0. The van der Waals surface area contributed by atoms with Crippen LogP contribution in [0.2, 0.25) is 0 Å². The minimum atomic E-state index is 0.692. The Labute approximate surface area is 301 Å². The summed E-state index contributed by atoms with van der Waals surface area (Å²) < 4.78 is 4.91. The number of nitrogens with zero attached hydrogens (tertiary/aromatic N) is 4. The predicted molar refractivity (Wildman–Crippen MR) is 216 cm³/mol. The van der Waals surface area contributed by atoms with Gasteiger partial charge in [-0.3, -0.25) is 0 Å². The van der Waals surface area contributed by atoms with Crippen molar-refractivity contribution in [3.63, 3.8) is 0 Å². The van der Waals surface area contributed by atoms with Gasteiger partial charge < -0.3 is 9.13 Å². The number of aromatic nitrogens is 4. The molecule has 0 N–H and O–H groups in total. The fourth-order valence-electron chi connectivity index (χ4n) is 8.11. The Bertz CT molecular complexity index is 2840. The Balaban J connectivity index is 1.44. The lowest BCUT2D eigenvalue weighted by Gasteiger charge is -2.20. The first-order chi connectivity index (χ1) is 25.7. The number of benzene rings is 7. The molecule has 4 nitrogen and oxygen atoms in total. The second-order valence-corrected chi connectivity index (χ2v) is 13.5. The molecule has 0 spiro atoms. The Morgan fingerprint density at radius 3 is 1.52 bits per heavy atom. The molecule has 246 valence electrons. The molecule has 0 atom stereocenters. The van der Waals surface area contributed by atoms with Gasteiger partial charge in [0.25, 0.3) is 0 Å². The smallest absolute Gasteiger partial charge is 0.160 e. The fourth-order valence-corrected chi connectivity index (χ4v) is 8.11. The highest BCUT2D eigenvalue weighted by atomic mass is 15.0. The SMILES string of the molecule is Cc1cccc(C)c1-n1c2ccccc2c2ccc(-n3c4ccccc4c4ccccc43)c(-c3cc(-c4ccccc4)nc(-c4ccccc4)n3)c21. The first-order valence-electron chi connectivity index (χ1n) is 17.8. The normalized spacial score (nSPS) is 11.7. The van der Waals surface area contributed by atoms with E-state index in [2.05, 4.69) is 181 Å². The van der Waals surface area contributed by atoms with Gasteiger partial charge in [0, 0.05) is 38.2 Å². The second kappa shape index (κ2) is 11.9. The number of fused-ring (bicyclic) bond motifs is 6. The molecular weight excluding hydrogens is 633 g/mol. The first-order valence-corrected chi connectivity index (χ1v) is 17.8. The fraction of sp³-hybridized carbons (Fsp3) is 0.0417. The van der Waals surface area contributed by atoms with Crippen molar-refractivity contribution < 1.29 is 0 Å². The van der Waals surface area contributed by atoms with Crippen LogP contribution in [-0.2, 0) is 0 Å². The van der Waals surface area contributed by atoms with Gasteiger partial charge >= 0.3 is 0 Å². The van der Waals surface area contributed by atoms with Gasteiger partial charge in [-0.15, -0.1) is 0 Å². The molecule has 0 aliphatic rings. The van der Waals surface area contributed by atoms with Gasteiger partial charge in [0.1, 0.15) is 0 Å². The van der Waals surface area contributed by atoms with E-state index < -0.39 is 0 Å². The van der Waals surface area contributed by atoms with E-state index in [-0.39, 0.29) is 0 Å². The zero-order valence-electron chi connectivity index (χ0n) is 29.0. The maximum atomic E-state index is 5.49. The Morgan fingerprint density at radius 1 is 0.404 bits per heavy atom. The van der Waals surface area contributed by atoms with Gasteiger partial charge in [-0.05, 0) is 55.3 Å². The van der Waals surface area contributed by atoms with Crippen molar-refractivity contribution in [2.24, 2.45) is 0 Å². The Hall–Kier alpha value is -6.78. The number of para-hydroxylation sites is 4. The zero-order chi connectivity index (χ0) is 34.8. The molecule has 3 aromatic heterocycles. The van der Waals surface area contributed by atoms with Crippen molar-refractivity contribution >= 4 is 43.6 Å². The molecule has 0 aliphatic heterocycles. The molecule has 7 aromatic carbocycles. The van der Waals surface area contributed by atoms with Crippen molar-refractivity contribution in [1.82, 2.24) is 19.1 Å². The van der Waals surface area contributed by atoms with Gasteiger partial charge in [-0.25, -0.2) is 9.97 Å². The lowest BCUT2D eigenvalue weighted by Crippen LogP contribution is -2.05. The maximum Gasteiger partial charge on any atom is 0.160 e. The second-order valence-electron chi connectivity index (χ2n) is 13.5. The predicted octanol–water partition coefficient (Wildman–Crippen LogP) is 12.3. The van der Waals surface area contributed by atoms with Crippen molar-refractivity contribution in [3.05, 3.63) is 181 Å². The van der Waals surface area contributed by atoms with Gasteiger partial charge in [-0.2, -0.15) is 0 Å². The zero-order valence-corrected chi connectivity index (χ0v) is 29.0. The van der Waals surface area contributed by atoms with Crippen LogP contribution < -0.4 is 0 Å². The average molecular weight is 667 g/mol. The monoisotopic (exact) mass is 666 g/mol. The van der Waals surface area contributed by atoms with E-state index in [0.29, 0.717) is 5.82 Å². The molecular formula is C48H34N4. The van der Waals surface area contributed by atoms with Crippen LogP contribution in [0.3, 0.4) is 0 Å². The molecule has 0 bridgehead atoms. The molecule has 0 fully saturated rings. The highest BCUT2D eigenvalue weighted by Gasteiger charge is 2.25. The number of hydrogen-bond acceptors (Lipinski definition) is 2. The summed E-state index contributed by atoms with van der Waals surface area (Å²) in [5.41, 5.74) is 14.1. The third-order valence-corrected chi connectivity index (χ3v) is 10.4. The third-order valence-electron chi connectivity index (χ3n) is 10.4. The molecule has 0 aliphatic carbocycles. The molecule has 0 unspecified atom stereocenters. The third kappa shape index (κ3) is 4.61. The summed E-state index contributed by atoms with van der Waals surface area (Å²) in [6, 6.07) is 60.4. The van der Waals surface area contributed by atoms with E-state index in [4.69, 9.17) is 9.97 Å². The largest absolute Gasteiger partial charge is 0.308 e. The minimum Gasteiger partial charge on any atom is -0.308 e. The van der Waals surface area contributed by atoms with Gasteiger partial charge in [0.2, 0.25) is 0 Å². The standard InChI is InChI=1S/C48H34N4/c1-31-16-15-17-32(2)46(31)52-43-27-14-11-24-37(43)38-28-29-44(51-41-25-12-9-22-35(41)36-23-10-13-26-42(36)51)45(47(38)52)40-30-39(33-18-5-3-6-19-33)49-48(50-40)34-20-7-4-8-21-34/h3-30H,1-2H3. The van der Waals surface area contributed by atoms with Crippen LogP contribution in [0.25, 0.3) is 88.9 Å². The molecule has 3 heterocycles. The summed E-state index contributed by atoms with van der Waals surface area (Å²) in [6.07, 6.45) is 0. The van der Waals surface area contributed by atoms with E-state index in [1.54, 1.807) is 0 Å². The van der Waals surface area contributed by atoms with Crippen LogP contribution in [-0.4, -0.2) is 19.1 Å². The van der Waals surface area contributed by atoms with Crippen LogP contribution in [0.15, 0.2) is 170 Å². The quantitative estimate of drug-likeness (QED) is 0.183. The van der Waals surface area contributed by atoms with Gasteiger partial charge in [-0.1, -0.05) is 140 Å². The average Bonchev–Trinajstić information content (AvgIpc) is 3.71. The lowest BCUT2D eigenvalue weighted by molar-refractivity contribution is 1.11. The summed E-state index contributed by atoms with van der Waals surface area (Å²) >= 11 is 0. The van der Waals surface area contributed by atoms with Crippen LogP contribution >= 0.6 is 0 Å². The van der Waals surface area contributed by atoms with Crippen LogP contribution in [0.4, 0.5) is 0 Å². The lowest BCUT2D eigenvalue weighted by atomic mass is 10.0.